The molecule has 0 unspecified atom stereocenters. The average molecular weight is 300 g/mol. The Hall–Kier alpha value is -2.21. The van der Waals surface area contributed by atoms with Gasteiger partial charge in [0.2, 0.25) is 5.91 Å². The Labute approximate surface area is 129 Å². The maximum atomic E-state index is 12.1. The number of aromatic nitrogens is 2. The standard InChI is InChI=1S/C16H20N4O2/c1-18(12-16(22)19-7-4-5-8-19)11-13-10-15(21)20-9-3-2-6-14(20)17-13/h2-3,6,9-10H,4-5,7-8,11-12H2,1H3. The van der Waals surface area contributed by atoms with Gasteiger partial charge >= 0.3 is 0 Å². The number of likely N-dealkylation sites (N-methyl/N-ethyl adjacent to an activating group) is 1. The summed E-state index contributed by atoms with van der Waals surface area (Å²) < 4.78 is 1.51. The van der Waals surface area contributed by atoms with Crippen LogP contribution < -0.4 is 5.56 Å². The molecule has 1 aliphatic rings. The SMILES string of the molecule is CN(CC(=O)N1CCCC1)Cc1cc(=O)n2ccccc2n1. The van der Waals surface area contributed by atoms with Crippen molar-refractivity contribution >= 4 is 11.6 Å². The normalized spacial score (nSPS) is 14.9. The van der Waals surface area contributed by atoms with Gasteiger partial charge in [0.25, 0.3) is 5.56 Å². The van der Waals surface area contributed by atoms with E-state index in [1.807, 2.05) is 22.9 Å². The summed E-state index contributed by atoms with van der Waals surface area (Å²) in [7, 11) is 1.88. The fraction of sp³-hybridized carbons (Fsp3) is 0.438. The van der Waals surface area contributed by atoms with Crippen LogP contribution in [0.15, 0.2) is 35.3 Å². The molecule has 3 heterocycles. The van der Waals surface area contributed by atoms with Crippen molar-refractivity contribution in [1.82, 2.24) is 19.2 Å². The lowest BCUT2D eigenvalue weighted by molar-refractivity contribution is -0.131. The summed E-state index contributed by atoms with van der Waals surface area (Å²) in [6, 6.07) is 6.99. The Kier molecular flexibility index (Phi) is 4.20. The number of amides is 1. The van der Waals surface area contributed by atoms with Crippen LogP contribution in [0.4, 0.5) is 0 Å². The number of pyridine rings is 1. The van der Waals surface area contributed by atoms with Gasteiger partial charge in [-0.3, -0.25) is 18.9 Å². The molecular weight excluding hydrogens is 280 g/mol. The molecule has 3 rings (SSSR count). The molecule has 0 N–H and O–H groups in total. The van der Waals surface area contributed by atoms with Gasteiger partial charge in [-0.05, 0) is 32.0 Å². The minimum Gasteiger partial charge on any atom is -0.342 e. The molecule has 116 valence electrons. The molecule has 0 spiro atoms. The molecule has 0 saturated carbocycles. The van der Waals surface area contributed by atoms with Crippen LogP contribution in [-0.4, -0.2) is 51.8 Å². The zero-order valence-electron chi connectivity index (χ0n) is 12.7. The highest BCUT2D eigenvalue weighted by atomic mass is 16.2. The molecule has 22 heavy (non-hydrogen) atoms. The number of rotatable bonds is 4. The minimum atomic E-state index is -0.0973. The fourth-order valence-electron chi connectivity index (χ4n) is 2.81. The lowest BCUT2D eigenvalue weighted by Crippen LogP contribution is -2.37. The molecule has 2 aromatic rings. The van der Waals surface area contributed by atoms with E-state index in [4.69, 9.17) is 0 Å². The summed E-state index contributed by atoms with van der Waals surface area (Å²) in [5, 5.41) is 0. The van der Waals surface area contributed by atoms with Gasteiger partial charge < -0.3 is 4.90 Å². The maximum absolute atomic E-state index is 12.1. The Bertz CT molecular complexity index is 734. The molecule has 1 aliphatic heterocycles. The molecule has 0 bridgehead atoms. The van der Waals surface area contributed by atoms with Gasteiger partial charge in [-0.1, -0.05) is 6.07 Å². The number of hydrogen-bond donors (Lipinski definition) is 0. The van der Waals surface area contributed by atoms with Crippen molar-refractivity contribution in [1.29, 1.82) is 0 Å². The first-order chi connectivity index (χ1) is 10.6. The predicted molar refractivity (Wildman–Crippen MR) is 83.6 cm³/mol. The summed E-state index contributed by atoms with van der Waals surface area (Å²) in [5.41, 5.74) is 1.22. The van der Waals surface area contributed by atoms with Gasteiger partial charge in [-0.25, -0.2) is 4.98 Å². The molecule has 0 aromatic carbocycles. The molecule has 0 atom stereocenters. The number of fused-ring (bicyclic) bond motifs is 1. The van der Waals surface area contributed by atoms with Crippen LogP contribution in [0, 0.1) is 0 Å². The first-order valence-corrected chi connectivity index (χ1v) is 7.57. The van der Waals surface area contributed by atoms with Gasteiger partial charge in [0.15, 0.2) is 0 Å². The summed E-state index contributed by atoms with van der Waals surface area (Å²) in [4.78, 5) is 32.4. The Morgan fingerprint density at radius 2 is 2.09 bits per heavy atom. The summed E-state index contributed by atoms with van der Waals surface area (Å²) in [6.45, 7) is 2.57. The molecule has 6 heteroatoms. The highest BCUT2D eigenvalue weighted by Crippen LogP contribution is 2.08. The molecule has 1 fully saturated rings. The topological polar surface area (TPSA) is 57.9 Å². The third-order valence-corrected chi connectivity index (χ3v) is 3.92. The van der Waals surface area contributed by atoms with Gasteiger partial charge in [0.05, 0.1) is 12.2 Å². The van der Waals surface area contributed by atoms with E-state index in [1.165, 1.54) is 10.5 Å². The van der Waals surface area contributed by atoms with Crippen molar-refractivity contribution in [3.8, 4) is 0 Å². The Balaban J connectivity index is 1.69. The van der Waals surface area contributed by atoms with Crippen LogP contribution >= 0.6 is 0 Å². The van der Waals surface area contributed by atoms with Crippen LogP contribution in [0.3, 0.4) is 0 Å². The van der Waals surface area contributed by atoms with Crippen LogP contribution in [0.1, 0.15) is 18.5 Å². The van der Waals surface area contributed by atoms with E-state index in [1.54, 1.807) is 18.3 Å². The lowest BCUT2D eigenvalue weighted by Gasteiger charge is -2.20. The monoisotopic (exact) mass is 300 g/mol. The second-order valence-corrected chi connectivity index (χ2v) is 5.77. The Morgan fingerprint density at radius 3 is 2.86 bits per heavy atom. The first-order valence-electron chi connectivity index (χ1n) is 7.57. The molecule has 6 nitrogen and oxygen atoms in total. The van der Waals surface area contributed by atoms with E-state index >= 15 is 0 Å². The zero-order valence-corrected chi connectivity index (χ0v) is 12.7. The van der Waals surface area contributed by atoms with Crippen molar-refractivity contribution < 1.29 is 4.79 Å². The molecule has 0 aliphatic carbocycles. The van der Waals surface area contributed by atoms with Crippen LogP contribution in [-0.2, 0) is 11.3 Å². The van der Waals surface area contributed by atoms with Crippen molar-refractivity contribution in [2.45, 2.75) is 19.4 Å². The quantitative estimate of drug-likeness (QED) is 0.836. The molecule has 2 aromatic heterocycles. The number of likely N-dealkylation sites (tertiary alicyclic amines) is 1. The molecular formula is C16H20N4O2. The summed E-state index contributed by atoms with van der Waals surface area (Å²) in [6.07, 6.45) is 3.89. The highest BCUT2D eigenvalue weighted by molar-refractivity contribution is 5.78. The smallest absolute Gasteiger partial charge is 0.258 e. The van der Waals surface area contributed by atoms with E-state index in [0.29, 0.717) is 24.4 Å². The maximum Gasteiger partial charge on any atom is 0.258 e. The van der Waals surface area contributed by atoms with Crippen molar-refractivity contribution in [2.75, 3.05) is 26.7 Å². The third kappa shape index (κ3) is 3.17. The lowest BCUT2D eigenvalue weighted by atomic mass is 10.3. The highest BCUT2D eigenvalue weighted by Gasteiger charge is 2.19. The van der Waals surface area contributed by atoms with E-state index < -0.39 is 0 Å². The van der Waals surface area contributed by atoms with E-state index in [2.05, 4.69) is 4.98 Å². The van der Waals surface area contributed by atoms with Gasteiger partial charge in [0, 0.05) is 31.9 Å². The van der Waals surface area contributed by atoms with E-state index in [0.717, 1.165) is 25.9 Å². The van der Waals surface area contributed by atoms with Crippen LogP contribution in [0.5, 0.6) is 0 Å². The predicted octanol–water partition coefficient (Wildman–Crippen LogP) is 0.749. The minimum absolute atomic E-state index is 0.0973. The van der Waals surface area contributed by atoms with Crippen molar-refractivity contribution in [3.05, 3.63) is 46.5 Å². The van der Waals surface area contributed by atoms with Gasteiger partial charge in [-0.15, -0.1) is 0 Å². The van der Waals surface area contributed by atoms with Crippen molar-refractivity contribution in [3.63, 3.8) is 0 Å². The molecule has 0 radical (unpaired) electrons. The number of nitrogens with zero attached hydrogens (tertiary/aromatic N) is 4. The third-order valence-electron chi connectivity index (χ3n) is 3.92. The second kappa shape index (κ2) is 6.27. The van der Waals surface area contributed by atoms with Gasteiger partial charge in [0.1, 0.15) is 5.65 Å². The first kappa shape index (κ1) is 14.7. The van der Waals surface area contributed by atoms with E-state index in [9.17, 15) is 9.59 Å². The largest absolute Gasteiger partial charge is 0.342 e. The molecule has 1 saturated heterocycles. The number of hydrogen-bond acceptors (Lipinski definition) is 4. The van der Waals surface area contributed by atoms with Crippen LogP contribution in [0.25, 0.3) is 5.65 Å². The van der Waals surface area contributed by atoms with Crippen LogP contribution in [0.2, 0.25) is 0 Å². The Morgan fingerprint density at radius 1 is 1.32 bits per heavy atom. The van der Waals surface area contributed by atoms with Gasteiger partial charge in [-0.2, -0.15) is 0 Å². The zero-order chi connectivity index (χ0) is 15.5. The molecule has 1 amide bonds. The second-order valence-electron chi connectivity index (χ2n) is 5.77. The average Bonchev–Trinajstić information content (AvgIpc) is 3.01. The fourth-order valence-corrected chi connectivity index (χ4v) is 2.81. The van der Waals surface area contributed by atoms with Crippen molar-refractivity contribution in [2.24, 2.45) is 0 Å². The van der Waals surface area contributed by atoms with E-state index in [-0.39, 0.29) is 11.5 Å². The number of carbonyl (C=O) groups is 1. The summed E-state index contributed by atoms with van der Waals surface area (Å²) >= 11 is 0. The number of carbonyl (C=O) groups excluding carboxylic acids is 1. The summed E-state index contributed by atoms with van der Waals surface area (Å²) in [5.74, 6) is 0.150.